The molecule has 0 saturated carbocycles. The summed E-state index contributed by atoms with van der Waals surface area (Å²) in [6, 6.07) is 11.0. The van der Waals surface area contributed by atoms with Crippen LogP contribution in [0.3, 0.4) is 0 Å². The lowest BCUT2D eigenvalue weighted by Crippen LogP contribution is -2.35. The van der Waals surface area contributed by atoms with Crippen LogP contribution in [0.1, 0.15) is 11.1 Å². The molecule has 0 aliphatic carbocycles. The number of nitrogens with one attached hydrogen (secondary N) is 1. The Morgan fingerprint density at radius 2 is 1.93 bits per heavy atom. The van der Waals surface area contributed by atoms with Gasteiger partial charge in [-0.1, -0.05) is 18.2 Å². The molecule has 1 aliphatic heterocycles. The molecule has 5 nitrogen and oxygen atoms in total. The summed E-state index contributed by atoms with van der Waals surface area (Å²) in [5.74, 6) is -0.858. The number of nitrogens with zero attached hydrogens (tertiary/aromatic N) is 2. The zero-order chi connectivity index (χ0) is 19.5. The standard InChI is InChI=1S/C21H17F2N3O2/c22-17-6-5-13(9-18(17)23)10-19(27)26-12-15-11-14-3-1-4-16(20(14)28-15)21-24-7-2-8-25-21/h1-9,15H,10-12H2,(H,26,27). The average molecular weight is 381 g/mol. The molecule has 1 unspecified atom stereocenters. The van der Waals surface area contributed by atoms with Crippen molar-refractivity contribution in [3.63, 3.8) is 0 Å². The molecule has 2 aromatic carbocycles. The van der Waals surface area contributed by atoms with Crippen LogP contribution in [0.15, 0.2) is 54.9 Å². The quantitative estimate of drug-likeness (QED) is 0.738. The zero-order valence-electron chi connectivity index (χ0n) is 14.9. The first kappa shape index (κ1) is 18.0. The van der Waals surface area contributed by atoms with E-state index in [1.165, 1.54) is 6.07 Å². The molecule has 1 amide bonds. The van der Waals surface area contributed by atoms with Gasteiger partial charge in [0.25, 0.3) is 0 Å². The number of hydrogen-bond donors (Lipinski definition) is 1. The van der Waals surface area contributed by atoms with Crippen molar-refractivity contribution in [1.82, 2.24) is 15.3 Å². The Morgan fingerprint density at radius 1 is 1.11 bits per heavy atom. The third kappa shape index (κ3) is 3.83. The number of ether oxygens (including phenoxy) is 1. The minimum absolute atomic E-state index is 0.0278. The largest absolute Gasteiger partial charge is 0.487 e. The van der Waals surface area contributed by atoms with Crippen LogP contribution in [-0.2, 0) is 17.6 Å². The van der Waals surface area contributed by atoms with Crippen molar-refractivity contribution >= 4 is 5.91 Å². The maximum atomic E-state index is 13.3. The van der Waals surface area contributed by atoms with Gasteiger partial charge in [0.05, 0.1) is 18.5 Å². The summed E-state index contributed by atoms with van der Waals surface area (Å²) >= 11 is 0. The van der Waals surface area contributed by atoms with Crippen LogP contribution in [0.25, 0.3) is 11.4 Å². The molecule has 1 aliphatic rings. The van der Waals surface area contributed by atoms with Crippen molar-refractivity contribution in [2.24, 2.45) is 0 Å². The Balaban J connectivity index is 1.38. The molecule has 7 heteroatoms. The summed E-state index contributed by atoms with van der Waals surface area (Å²) < 4.78 is 32.3. The van der Waals surface area contributed by atoms with Crippen molar-refractivity contribution in [2.45, 2.75) is 18.9 Å². The van der Waals surface area contributed by atoms with Crippen LogP contribution in [0.2, 0.25) is 0 Å². The molecule has 1 N–H and O–H groups in total. The smallest absolute Gasteiger partial charge is 0.224 e. The summed E-state index contributed by atoms with van der Waals surface area (Å²) in [6.45, 7) is 0.312. The van der Waals surface area contributed by atoms with Gasteiger partial charge in [0.1, 0.15) is 11.9 Å². The first-order valence-corrected chi connectivity index (χ1v) is 8.86. The van der Waals surface area contributed by atoms with E-state index in [1.807, 2.05) is 18.2 Å². The van der Waals surface area contributed by atoms with E-state index in [4.69, 9.17) is 4.74 Å². The predicted molar refractivity (Wildman–Crippen MR) is 98.7 cm³/mol. The average Bonchev–Trinajstić information content (AvgIpc) is 3.13. The first-order valence-electron chi connectivity index (χ1n) is 8.86. The van der Waals surface area contributed by atoms with Crippen LogP contribution in [0.5, 0.6) is 5.75 Å². The molecule has 0 spiro atoms. The fourth-order valence-corrected chi connectivity index (χ4v) is 3.19. The number of benzene rings is 2. The van der Waals surface area contributed by atoms with Gasteiger partial charge < -0.3 is 10.1 Å². The zero-order valence-corrected chi connectivity index (χ0v) is 14.9. The van der Waals surface area contributed by atoms with Crippen LogP contribution < -0.4 is 10.1 Å². The van der Waals surface area contributed by atoms with Crippen molar-refractivity contribution in [1.29, 1.82) is 0 Å². The number of aromatic nitrogens is 2. The normalized spacial score (nSPS) is 15.0. The number of carbonyl (C=O) groups is 1. The lowest BCUT2D eigenvalue weighted by Gasteiger charge is -2.13. The lowest BCUT2D eigenvalue weighted by atomic mass is 10.1. The van der Waals surface area contributed by atoms with E-state index in [2.05, 4.69) is 15.3 Å². The highest BCUT2D eigenvalue weighted by atomic mass is 19.2. The Hall–Kier alpha value is -3.35. The third-order valence-corrected chi connectivity index (χ3v) is 4.51. The first-order chi connectivity index (χ1) is 13.6. The molecule has 0 saturated heterocycles. The molecule has 1 atom stereocenters. The highest BCUT2D eigenvalue weighted by Crippen LogP contribution is 2.37. The van der Waals surface area contributed by atoms with Gasteiger partial charge in [-0.25, -0.2) is 18.7 Å². The van der Waals surface area contributed by atoms with Gasteiger partial charge in [0.2, 0.25) is 5.91 Å². The van der Waals surface area contributed by atoms with E-state index in [1.54, 1.807) is 18.5 Å². The molecule has 1 aromatic heterocycles. The van der Waals surface area contributed by atoms with Gasteiger partial charge in [-0.05, 0) is 35.4 Å². The summed E-state index contributed by atoms with van der Waals surface area (Å²) in [5, 5.41) is 2.79. The molecule has 3 aromatic rings. The SMILES string of the molecule is O=C(Cc1ccc(F)c(F)c1)NCC1Cc2cccc(-c3ncccn3)c2O1. The number of rotatable bonds is 5. The molecule has 0 bridgehead atoms. The fraction of sp³-hybridized carbons (Fsp3) is 0.190. The highest BCUT2D eigenvalue weighted by Gasteiger charge is 2.26. The van der Waals surface area contributed by atoms with E-state index in [0.29, 0.717) is 24.4 Å². The topological polar surface area (TPSA) is 64.1 Å². The van der Waals surface area contributed by atoms with E-state index in [9.17, 15) is 13.6 Å². The fourth-order valence-electron chi connectivity index (χ4n) is 3.19. The van der Waals surface area contributed by atoms with Gasteiger partial charge >= 0.3 is 0 Å². The maximum absolute atomic E-state index is 13.3. The van der Waals surface area contributed by atoms with Gasteiger partial charge in [-0.3, -0.25) is 4.79 Å². The molecule has 28 heavy (non-hydrogen) atoms. The number of carbonyl (C=O) groups excluding carboxylic acids is 1. The Labute approximate surface area is 160 Å². The second-order valence-electron chi connectivity index (χ2n) is 6.54. The van der Waals surface area contributed by atoms with Crippen LogP contribution >= 0.6 is 0 Å². The molecule has 2 heterocycles. The van der Waals surface area contributed by atoms with E-state index >= 15 is 0 Å². The van der Waals surface area contributed by atoms with Gasteiger partial charge in [-0.2, -0.15) is 0 Å². The summed E-state index contributed by atoms with van der Waals surface area (Å²) in [4.78, 5) is 20.7. The highest BCUT2D eigenvalue weighted by molar-refractivity contribution is 5.78. The Morgan fingerprint density at radius 3 is 2.71 bits per heavy atom. The molecule has 0 fully saturated rings. The van der Waals surface area contributed by atoms with Crippen molar-refractivity contribution in [3.8, 4) is 17.1 Å². The second-order valence-corrected chi connectivity index (χ2v) is 6.54. The number of para-hydroxylation sites is 1. The Bertz CT molecular complexity index is 1010. The predicted octanol–water partition coefficient (Wildman–Crippen LogP) is 3.08. The number of amides is 1. The molecule has 4 rings (SSSR count). The number of fused-ring (bicyclic) bond motifs is 1. The van der Waals surface area contributed by atoms with Gasteiger partial charge in [-0.15, -0.1) is 0 Å². The van der Waals surface area contributed by atoms with Crippen molar-refractivity contribution in [3.05, 3.63) is 77.6 Å². The summed E-state index contributed by atoms with van der Waals surface area (Å²) in [7, 11) is 0. The molecular weight excluding hydrogens is 364 g/mol. The minimum atomic E-state index is -0.962. The number of hydrogen-bond acceptors (Lipinski definition) is 4. The van der Waals surface area contributed by atoms with Crippen molar-refractivity contribution < 1.29 is 18.3 Å². The van der Waals surface area contributed by atoms with E-state index in [-0.39, 0.29) is 18.4 Å². The summed E-state index contributed by atoms with van der Waals surface area (Å²) in [5.41, 5.74) is 2.26. The third-order valence-electron chi connectivity index (χ3n) is 4.51. The maximum Gasteiger partial charge on any atom is 0.224 e. The van der Waals surface area contributed by atoms with Crippen LogP contribution in [-0.4, -0.2) is 28.5 Å². The monoisotopic (exact) mass is 381 g/mol. The van der Waals surface area contributed by atoms with Crippen molar-refractivity contribution in [2.75, 3.05) is 6.54 Å². The second kappa shape index (κ2) is 7.72. The van der Waals surface area contributed by atoms with E-state index < -0.39 is 11.6 Å². The van der Waals surface area contributed by atoms with Gasteiger partial charge in [0.15, 0.2) is 17.5 Å². The number of halogens is 2. The van der Waals surface area contributed by atoms with Crippen LogP contribution in [0, 0.1) is 11.6 Å². The summed E-state index contributed by atoms with van der Waals surface area (Å²) in [6.07, 6.45) is 3.76. The van der Waals surface area contributed by atoms with Gasteiger partial charge in [0, 0.05) is 18.8 Å². The molecular formula is C21H17F2N3O2. The van der Waals surface area contributed by atoms with E-state index in [0.717, 1.165) is 29.0 Å². The minimum Gasteiger partial charge on any atom is -0.487 e. The lowest BCUT2D eigenvalue weighted by molar-refractivity contribution is -0.120. The molecule has 0 radical (unpaired) electrons. The Kier molecular flexibility index (Phi) is 4.97. The molecule has 142 valence electrons. The van der Waals surface area contributed by atoms with Crippen LogP contribution in [0.4, 0.5) is 8.78 Å².